The van der Waals surface area contributed by atoms with Crippen LogP contribution in [0.3, 0.4) is 0 Å². The van der Waals surface area contributed by atoms with Gasteiger partial charge < -0.3 is 16.2 Å². The molecule has 0 aromatic carbocycles. The van der Waals surface area contributed by atoms with E-state index in [0.29, 0.717) is 25.4 Å². The lowest BCUT2D eigenvalue weighted by atomic mass is 9.78. The van der Waals surface area contributed by atoms with Crippen molar-refractivity contribution in [2.45, 2.75) is 69.4 Å². The molecule has 2 rings (SSSR count). The summed E-state index contributed by atoms with van der Waals surface area (Å²) in [6.45, 7) is 0.309. The molecule has 0 bridgehead atoms. The monoisotopic (exact) mass is 254 g/mol. The Hall–Kier alpha value is -0.610. The Morgan fingerprint density at radius 3 is 2.33 bits per heavy atom. The zero-order valence-corrected chi connectivity index (χ0v) is 11.2. The molecule has 1 amide bonds. The second-order valence-corrected chi connectivity index (χ2v) is 6.05. The van der Waals surface area contributed by atoms with E-state index in [1.54, 1.807) is 0 Å². The van der Waals surface area contributed by atoms with Crippen LogP contribution in [0.4, 0.5) is 0 Å². The number of amides is 1. The topological polar surface area (TPSA) is 75.3 Å². The summed E-state index contributed by atoms with van der Waals surface area (Å²) in [7, 11) is 0. The summed E-state index contributed by atoms with van der Waals surface area (Å²) in [5.74, 6) is 0.278. The van der Waals surface area contributed by atoms with Gasteiger partial charge in [0.05, 0.1) is 5.60 Å². The van der Waals surface area contributed by atoms with Gasteiger partial charge in [0.25, 0.3) is 0 Å². The first-order chi connectivity index (χ1) is 8.63. The molecule has 2 saturated carbocycles. The van der Waals surface area contributed by atoms with Gasteiger partial charge in [-0.15, -0.1) is 0 Å². The highest BCUT2D eigenvalue weighted by Crippen LogP contribution is 2.31. The summed E-state index contributed by atoms with van der Waals surface area (Å²) >= 11 is 0. The standard InChI is InChI=1S/C14H26N2O2/c15-10-14(18)8-6-11(7-9-14)13(17)16-12-4-2-1-3-5-12/h11-12,18H,1-10,15H2,(H,16,17). The maximum absolute atomic E-state index is 12.1. The van der Waals surface area contributed by atoms with E-state index in [1.165, 1.54) is 19.3 Å². The van der Waals surface area contributed by atoms with Crippen molar-refractivity contribution in [3.05, 3.63) is 0 Å². The third-order valence-electron chi connectivity index (χ3n) is 4.62. The van der Waals surface area contributed by atoms with Crippen LogP contribution < -0.4 is 11.1 Å². The molecule has 0 heterocycles. The number of nitrogens with two attached hydrogens (primary N) is 1. The molecule has 4 nitrogen and oxygen atoms in total. The van der Waals surface area contributed by atoms with Crippen LogP contribution in [-0.2, 0) is 4.79 Å². The predicted molar refractivity (Wildman–Crippen MR) is 71.0 cm³/mol. The van der Waals surface area contributed by atoms with Crippen LogP contribution in [0.15, 0.2) is 0 Å². The van der Waals surface area contributed by atoms with Gasteiger partial charge in [-0.05, 0) is 38.5 Å². The Morgan fingerprint density at radius 2 is 1.78 bits per heavy atom. The van der Waals surface area contributed by atoms with Gasteiger partial charge in [0.1, 0.15) is 0 Å². The Morgan fingerprint density at radius 1 is 1.17 bits per heavy atom. The molecule has 2 aliphatic carbocycles. The first-order valence-electron chi connectivity index (χ1n) is 7.36. The van der Waals surface area contributed by atoms with Crippen molar-refractivity contribution >= 4 is 5.91 Å². The molecule has 0 aliphatic heterocycles. The fourth-order valence-electron chi connectivity index (χ4n) is 3.19. The molecule has 0 radical (unpaired) electrons. The molecule has 0 aromatic rings. The van der Waals surface area contributed by atoms with E-state index in [2.05, 4.69) is 5.32 Å². The normalized spacial score (nSPS) is 34.2. The lowest BCUT2D eigenvalue weighted by Crippen LogP contribution is -2.46. The van der Waals surface area contributed by atoms with Crippen molar-refractivity contribution in [3.8, 4) is 0 Å². The Balaban J connectivity index is 1.76. The van der Waals surface area contributed by atoms with Gasteiger partial charge in [-0.3, -0.25) is 4.79 Å². The van der Waals surface area contributed by atoms with E-state index in [9.17, 15) is 9.90 Å². The van der Waals surface area contributed by atoms with E-state index in [4.69, 9.17) is 5.73 Å². The number of hydrogen-bond donors (Lipinski definition) is 3. The quantitative estimate of drug-likeness (QED) is 0.711. The Bertz CT molecular complexity index is 280. The van der Waals surface area contributed by atoms with E-state index in [-0.39, 0.29) is 11.8 Å². The first kappa shape index (κ1) is 13.8. The highest BCUT2D eigenvalue weighted by molar-refractivity contribution is 5.79. The Kier molecular flexibility index (Phi) is 4.62. The third-order valence-corrected chi connectivity index (χ3v) is 4.62. The molecular weight excluding hydrogens is 228 g/mol. The minimum absolute atomic E-state index is 0.0822. The molecule has 0 atom stereocenters. The summed E-state index contributed by atoms with van der Waals surface area (Å²) in [6, 6.07) is 0.390. The molecule has 4 heteroatoms. The molecule has 104 valence electrons. The van der Waals surface area contributed by atoms with Crippen LogP contribution in [0.5, 0.6) is 0 Å². The SMILES string of the molecule is NCC1(O)CCC(C(=O)NC2CCCCC2)CC1. The number of aliphatic hydroxyl groups is 1. The number of carbonyl (C=O) groups is 1. The molecule has 4 N–H and O–H groups in total. The van der Waals surface area contributed by atoms with Gasteiger partial charge >= 0.3 is 0 Å². The largest absolute Gasteiger partial charge is 0.389 e. The molecule has 2 fully saturated rings. The smallest absolute Gasteiger partial charge is 0.223 e. The number of hydrogen-bond acceptors (Lipinski definition) is 3. The molecule has 0 aromatic heterocycles. The van der Waals surface area contributed by atoms with Gasteiger partial charge in [-0.1, -0.05) is 19.3 Å². The lowest BCUT2D eigenvalue weighted by Gasteiger charge is -2.35. The zero-order valence-electron chi connectivity index (χ0n) is 11.2. The van der Waals surface area contributed by atoms with Crippen LogP contribution in [0, 0.1) is 5.92 Å². The van der Waals surface area contributed by atoms with E-state index in [1.807, 2.05) is 0 Å². The number of carbonyl (C=O) groups excluding carboxylic acids is 1. The summed E-state index contributed by atoms with van der Waals surface area (Å²) in [6.07, 6.45) is 8.90. The van der Waals surface area contributed by atoms with E-state index in [0.717, 1.165) is 25.7 Å². The second kappa shape index (κ2) is 6.02. The average Bonchev–Trinajstić information content (AvgIpc) is 2.40. The van der Waals surface area contributed by atoms with Gasteiger partial charge in [0, 0.05) is 18.5 Å². The van der Waals surface area contributed by atoms with Crippen molar-refractivity contribution in [2.75, 3.05) is 6.54 Å². The van der Waals surface area contributed by atoms with Crippen LogP contribution in [0.2, 0.25) is 0 Å². The lowest BCUT2D eigenvalue weighted by molar-refractivity contribution is -0.128. The van der Waals surface area contributed by atoms with Crippen molar-refractivity contribution in [3.63, 3.8) is 0 Å². The molecular formula is C14H26N2O2. The van der Waals surface area contributed by atoms with E-state index < -0.39 is 5.60 Å². The summed E-state index contributed by atoms with van der Waals surface area (Å²) in [5.41, 5.74) is 4.84. The zero-order chi connectivity index (χ0) is 13.0. The average molecular weight is 254 g/mol. The maximum Gasteiger partial charge on any atom is 0.223 e. The number of rotatable bonds is 3. The van der Waals surface area contributed by atoms with Crippen LogP contribution in [0.25, 0.3) is 0 Å². The molecule has 0 saturated heterocycles. The predicted octanol–water partition coefficient (Wildman–Crippen LogP) is 1.32. The minimum Gasteiger partial charge on any atom is -0.389 e. The molecule has 0 unspecified atom stereocenters. The van der Waals surface area contributed by atoms with Crippen LogP contribution in [0.1, 0.15) is 57.8 Å². The number of nitrogens with one attached hydrogen (secondary N) is 1. The van der Waals surface area contributed by atoms with E-state index >= 15 is 0 Å². The first-order valence-corrected chi connectivity index (χ1v) is 7.36. The van der Waals surface area contributed by atoms with Crippen molar-refractivity contribution in [2.24, 2.45) is 11.7 Å². The molecule has 18 heavy (non-hydrogen) atoms. The molecule has 2 aliphatic rings. The highest BCUT2D eigenvalue weighted by atomic mass is 16.3. The highest BCUT2D eigenvalue weighted by Gasteiger charge is 2.35. The fourth-order valence-corrected chi connectivity index (χ4v) is 3.19. The maximum atomic E-state index is 12.1. The van der Waals surface area contributed by atoms with Gasteiger partial charge in [0.2, 0.25) is 5.91 Å². The fraction of sp³-hybridized carbons (Fsp3) is 0.929. The van der Waals surface area contributed by atoms with Crippen LogP contribution >= 0.6 is 0 Å². The summed E-state index contributed by atoms with van der Waals surface area (Å²) < 4.78 is 0. The summed E-state index contributed by atoms with van der Waals surface area (Å²) in [5, 5.41) is 13.2. The summed E-state index contributed by atoms with van der Waals surface area (Å²) in [4.78, 5) is 12.1. The van der Waals surface area contributed by atoms with Crippen molar-refractivity contribution < 1.29 is 9.90 Å². The third kappa shape index (κ3) is 3.45. The Labute approximate surface area is 109 Å². The van der Waals surface area contributed by atoms with Gasteiger partial charge in [0.15, 0.2) is 0 Å². The van der Waals surface area contributed by atoms with Crippen molar-refractivity contribution in [1.82, 2.24) is 5.32 Å². The van der Waals surface area contributed by atoms with Gasteiger partial charge in [-0.25, -0.2) is 0 Å². The van der Waals surface area contributed by atoms with Crippen molar-refractivity contribution in [1.29, 1.82) is 0 Å². The minimum atomic E-state index is -0.721. The second-order valence-electron chi connectivity index (χ2n) is 6.05. The van der Waals surface area contributed by atoms with Crippen LogP contribution in [-0.4, -0.2) is 29.2 Å². The van der Waals surface area contributed by atoms with Gasteiger partial charge in [-0.2, -0.15) is 0 Å². The molecule has 0 spiro atoms.